The largest absolute Gasteiger partial charge is 0.384 e. The summed E-state index contributed by atoms with van der Waals surface area (Å²) in [4.78, 5) is 0. The van der Waals surface area contributed by atoms with Crippen LogP contribution in [0.1, 0.15) is 63.9 Å². The Kier molecular flexibility index (Phi) is 5.39. The summed E-state index contributed by atoms with van der Waals surface area (Å²) in [6.45, 7) is 2.34. The molecule has 0 radical (unpaired) electrons. The van der Waals surface area contributed by atoms with Gasteiger partial charge < -0.3 is 10.8 Å². The Morgan fingerprint density at radius 2 is 1.71 bits per heavy atom. The van der Waals surface area contributed by atoms with E-state index >= 15 is 0 Å². The molecular weight excluding hydrogens is 265 g/mol. The normalized spacial score (nSPS) is 22.1. The first-order chi connectivity index (χ1) is 10.1. The third kappa shape index (κ3) is 3.00. The van der Waals surface area contributed by atoms with Gasteiger partial charge in [0.15, 0.2) is 0 Å². The second-order valence-electron chi connectivity index (χ2n) is 6.45. The molecule has 0 amide bonds. The molecule has 21 heavy (non-hydrogen) atoms. The molecule has 0 bridgehead atoms. The van der Waals surface area contributed by atoms with E-state index in [1.54, 1.807) is 18.2 Å². The lowest BCUT2D eigenvalue weighted by Crippen LogP contribution is -2.51. The second-order valence-corrected chi connectivity index (χ2v) is 6.45. The summed E-state index contributed by atoms with van der Waals surface area (Å²) in [7, 11) is 0. The standard InChI is InChI=1S/C18H28FNO/c1-2-18(21,15-10-6-7-11-16(15)19)17(14-20)12-8-4-3-5-9-13-17/h6-7,10-11,21H,2-5,8-9,12-14,20H2,1H3. The molecule has 1 aromatic rings. The van der Waals surface area contributed by atoms with E-state index in [9.17, 15) is 9.50 Å². The fraction of sp³-hybridized carbons (Fsp3) is 0.667. The second kappa shape index (κ2) is 6.89. The third-order valence-corrected chi connectivity index (χ3v) is 5.41. The van der Waals surface area contributed by atoms with E-state index in [0.717, 1.165) is 25.7 Å². The molecule has 1 aromatic carbocycles. The van der Waals surface area contributed by atoms with Crippen LogP contribution in [-0.2, 0) is 5.60 Å². The third-order valence-electron chi connectivity index (χ3n) is 5.41. The van der Waals surface area contributed by atoms with Crippen molar-refractivity contribution in [2.45, 2.75) is 63.9 Å². The minimum atomic E-state index is -1.18. The molecule has 2 rings (SSSR count). The molecule has 3 N–H and O–H groups in total. The minimum Gasteiger partial charge on any atom is -0.384 e. The molecule has 0 heterocycles. The quantitative estimate of drug-likeness (QED) is 0.877. The van der Waals surface area contributed by atoms with Gasteiger partial charge in [0.2, 0.25) is 0 Å². The zero-order valence-electron chi connectivity index (χ0n) is 13.1. The van der Waals surface area contributed by atoms with Crippen molar-refractivity contribution in [2.75, 3.05) is 6.54 Å². The van der Waals surface area contributed by atoms with E-state index in [4.69, 9.17) is 5.73 Å². The molecule has 1 fully saturated rings. The summed E-state index contributed by atoms with van der Waals surface area (Å²) in [5.74, 6) is -0.322. The highest BCUT2D eigenvalue weighted by atomic mass is 19.1. The van der Waals surface area contributed by atoms with Crippen LogP contribution in [0.5, 0.6) is 0 Å². The maximum Gasteiger partial charge on any atom is 0.129 e. The summed E-state index contributed by atoms with van der Waals surface area (Å²) in [6.07, 6.45) is 7.99. The van der Waals surface area contributed by atoms with Crippen molar-refractivity contribution < 1.29 is 9.50 Å². The van der Waals surface area contributed by atoms with Crippen molar-refractivity contribution in [1.29, 1.82) is 0 Å². The SMILES string of the molecule is CCC(O)(c1ccccc1F)C1(CN)CCCCCCC1. The number of hydrogen-bond donors (Lipinski definition) is 2. The zero-order valence-corrected chi connectivity index (χ0v) is 13.1. The molecule has 1 unspecified atom stereocenters. The molecule has 1 aliphatic rings. The van der Waals surface area contributed by atoms with E-state index in [0.29, 0.717) is 18.5 Å². The fourth-order valence-corrected chi connectivity index (χ4v) is 4.02. The first-order valence-corrected chi connectivity index (χ1v) is 8.27. The fourth-order valence-electron chi connectivity index (χ4n) is 4.02. The molecule has 1 saturated carbocycles. The lowest BCUT2D eigenvalue weighted by molar-refractivity contribution is -0.106. The van der Waals surface area contributed by atoms with E-state index in [1.807, 2.05) is 6.92 Å². The van der Waals surface area contributed by atoms with Crippen LogP contribution in [0.15, 0.2) is 24.3 Å². The van der Waals surface area contributed by atoms with E-state index in [1.165, 1.54) is 25.3 Å². The Labute approximate surface area is 127 Å². The van der Waals surface area contributed by atoms with Crippen molar-refractivity contribution in [1.82, 2.24) is 0 Å². The van der Waals surface area contributed by atoms with Gasteiger partial charge in [0, 0.05) is 17.5 Å². The van der Waals surface area contributed by atoms with Crippen molar-refractivity contribution >= 4 is 0 Å². The topological polar surface area (TPSA) is 46.2 Å². The molecule has 0 aliphatic heterocycles. The van der Waals surface area contributed by atoms with Crippen LogP contribution in [0.3, 0.4) is 0 Å². The highest BCUT2D eigenvalue weighted by molar-refractivity contribution is 5.27. The number of aliphatic hydroxyl groups is 1. The van der Waals surface area contributed by atoms with Gasteiger partial charge in [-0.25, -0.2) is 4.39 Å². The summed E-state index contributed by atoms with van der Waals surface area (Å²) >= 11 is 0. The molecule has 0 aromatic heterocycles. The van der Waals surface area contributed by atoms with Gasteiger partial charge in [-0.2, -0.15) is 0 Å². The maximum absolute atomic E-state index is 14.3. The lowest BCUT2D eigenvalue weighted by atomic mass is 9.61. The van der Waals surface area contributed by atoms with E-state index in [2.05, 4.69) is 0 Å². The highest BCUT2D eigenvalue weighted by Gasteiger charge is 2.49. The number of halogens is 1. The van der Waals surface area contributed by atoms with E-state index < -0.39 is 11.0 Å². The van der Waals surface area contributed by atoms with Crippen LogP contribution >= 0.6 is 0 Å². The van der Waals surface area contributed by atoms with Crippen LogP contribution in [0.25, 0.3) is 0 Å². The number of benzene rings is 1. The average molecular weight is 293 g/mol. The molecule has 1 aliphatic carbocycles. The molecule has 2 nitrogen and oxygen atoms in total. The minimum absolute atomic E-state index is 0.322. The lowest BCUT2D eigenvalue weighted by Gasteiger charge is -2.48. The van der Waals surface area contributed by atoms with Crippen molar-refractivity contribution in [2.24, 2.45) is 11.1 Å². The zero-order chi connectivity index (χ0) is 15.3. The predicted molar refractivity (Wildman–Crippen MR) is 84.4 cm³/mol. The van der Waals surface area contributed by atoms with E-state index in [-0.39, 0.29) is 5.82 Å². The molecule has 118 valence electrons. The van der Waals surface area contributed by atoms with Crippen molar-refractivity contribution in [3.05, 3.63) is 35.6 Å². The van der Waals surface area contributed by atoms with Crippen LogP contribution < -0.4 is 5.73 Å². The summed E-state index contributed by atoms with van der Waals surface area (Å²) < 4.78 is 14.3. The monoisotopic (exact) mass is 293 g/mol. The van der Waals surface area contributed by atoms with Crippen molar-refractivity contribution in [3.8, 4) is 0 Å². The van der Waals surface area contributed by atoms with Gasteiger partial charge in [0.25, 0.3) is 0 Å². The summed E-state index contributed by atoms with van der Waals surface area (Å²) in [6, 6.07) is 6.62. The van der Waals surface area contributed by atoms with Crippen LogP contribution in [0.2, 0.25) is 0 Å². The number of hydrogen-bond acceptors (Lipinski definition) is 2. The predicted octanol–water partition coefficient (Wildman–Crippen LogP) is 4.11. The van der Waals surface area contributed by atoms with Gasteiger partial charge >= 0.3 is 0 Å². The van der Waals surface area contributed by atoms with Gasteiger partial charge in [-0.15, -0.1) is 0 Å². The summed E-state index contributed by atoms with van der Waals surface area (Å²) in [5.41, 5.74) is 4.95. The van der Waals surface area contributed by atoms with Crippen LogP contribution in [0.4, 0.5) is 4.39 Å². The Morgan fingerprint density at radius 3 is 2.24 bits per heavy atom. The van der Waals surface area contributed by atoms with Gasteiger partial charge in [-0.05, 0) is 25.3 Å². The Bertz CT molecular complexity index is 454. The van der Waals surface area contributed by atoms with Crippen molar-refractivity contribution in [3.63, 3.8) is 0 Å². The average Bonchev–Trinajstić information content (AvgIpc) is 2.47. The molecule has 3 heteroatoms. The first-order valence-electron chi connectivity index (χ1n) is 8.27. The number of nitrogens with two attached hydrogens (primary N) is 1. The van der Waals surface area contributed by atoms with Crippen LogP contribution in [0, 0.1) is 11.2 Å². The molecular formula is C18H28FNO. The van der Waals surface area contributed by atoms with Gasteiger partial charge in [0.1, 0.15) is 5.82 Å². The number of rotatable bonds is 4. The Hall–Kier alpha value is -0.930. The smallest absolute Gasteiger partial charge is 0.129 e. The van der Waals surface area contributed by atoms with Gasteiger partial charge in [-0.1, -0.05) is 57.2 Å². The Balaban J connectivity index is 2.46. The van der Waals surface area contributed by atoms with Crippen LogP contribution in [-0.4, -0.2) is 11.7 Å². The molecule has 1 atom stereocenters. The van der Waals surface area contributed by atoms with Gasteiger partial charge in [0.05, 0.1) is 5.60 Å². The van der Waals surface area contributed by atoms with Gasteiger partial charge in [-0.3, -0.25) is 0 Å². The highest BCUT2D eigenvalue weighted by Crippen LogP contribution is 2.50. The summed E-state index contributed by atoms with van der Waals surface area (Å²) in [5, 5.41) is 11.4. The molecule has 0 spiro atoms. The first kappa shape index (κ1) is 16.4. The maximum atomic E-state index is 14.3. The Morgan fingerprint density at radius 1 is 1.14 bits per heavy atom. The molecule has 0 saturated heterocycles.